The number of benzene rings is 1. The van der Waals surface area contributed by atoms with Gasteiger partial charge in [0.05, 0.1) is 0 Å². The summed E-state index contributed by atoms with van der Waals surface area (Å²) in [5, 5.41) is 0. The second-order valence-corrected chi connectivity index (χ2v) is 6.82. The first-order valence-electron chi connectivity index (χ1n) is 7.89. The van der Waals surface area contributed by atoms with E-state index in [4.69, 9.17) is 0 Å². The highest BCUT2D eigenvalue weighted by atomic mass is 19.4. The van der Waals surface area contributed by atoms with E-state index in [1.54, 1.807) is 12.1 Å². The van der Waals surface area contributed by atoms with Crippen LogP contribution in [0.15, 0.2) is 24.3 Å². The van der Waals surface area contributed by atoms with Crippen LogP contribution in [-0.2, 0) is 6.54 Å². The van der Waals surface area contributed by atoms with Crippen molar-refractivity contribution in [2.45, 2.75) is 32.8 Å². The number of halogens is 3. The standard InChI is InChI=1S/C17H25F3N2O/c1-12(2)15-10-22(11-16(15)21(3)4)9-13-5-7-14(8-6-13)23-17(18,19)20/h5-8,12,15-16H,9-11H2,1-4H3. The number of rotatable bonds is 5. The largest absolute Gasteiger partial charge is 0.573 e. The minimum atomic E-state index is -4.64. The van der Waals surface area contributed by atoms with Gasteiger partial charge in [-0.05, 0) is 43.6 Å². The molecule has 1 aromatic rings. The molecular formula is C17H25F3N2O. The summed E-state index contributed by atoms with van der Waals surface area (Å²) in [6, 6.07) is 6.68. The highest BCUT2D eigenvalue weighted by molar-refractivity contribution is 5.27. The van der Waals surface area contributed by atoms with Crippen molar-refractivity contribution in [1.29, 1.82) is 0 Å². The summed E-state index contributed by atoms with van der Waals surface area (Å²) in [6.45, 7) is 7.24. The topological polar surface area (TPSA) is 15.7 Å². The zero-order valence-electron chi connectivity index (χ0n) is 14.1. The van der Waals surface area contributed by atoms with Crippen LogP contribution in [0.3, 0.4) is 0 Å². The lowest BCUT2D eigenvalue weighted by Crippen LogP contribution is -2.37. The van der Waals surface area contributed by atoms with E-state index in [0.717, 1.165) is 25.2 Å². The SMILES string of the molecule is CC(C)C1CN(Cc2ccc(OC(F)(F)F)cc2)CC1N(C)C. The summed E-state index contributed by atoms with van der Waals surface area (Å²) in [5.41, 5.74) is 1.00. The molecule has 6 heteroatoms. The number of nitrogens with zero attached hydrogens (tertiary/aromatic N) is 2. The molecular weight excluding hydrogens is 305 g/mol. The third kappa shape index (κ3) is 5.11. The average molecular weight is 330 g/mol. The Balaban J connectivity index is 1.97. The van der Waals surface area contributed by atoms with Crippen molar-refractivity contribution in [3.05, 3.63) is 29.8 Å². The molecule has 1 fully saturated rings. The van der Waals surface area contributed by atoms with Crippen LogP contribution in [0.4, 0.5) is 13.2 Å². The van der Waals surface area contributed by atoms with E-state index < -0.39 is 6.36 Å². The highest BCUT2D eigenvalue weighted by Gasteiger charge is 2.35. The fourth-order valence-electron chi connectivity index (χ4n) is 3.28. The lowest BCUT2D eigenvalue weighted by atomic mass is 9.91. The van der Waals surface area contributed by atoms with Crippen LogP contribution in [0.2, 0.25) is 0 Å². The lowest BCUT2D eigenvalue weighted by Gasteiger charge is -2.27. The molecule has 1 saturated heterocycles. The summed E-state index contributed by atoms with van der Waals surface area (Å²) >= 11 is 0. The zero-order valence-corrected chi connectivity index (χ0v) is 14.1. The molecule has 3 nitrogen and oxygen atoms in total. The predicted molar refractivity (Wildman–Crippen MR) is 84.2 cm³/mol. The van der Waals surface area contributed by atoms with Crippen LogP contribution in [-0.4, -0.2) is 49.4 Å². The number of hydrogen-bond acceptors (Lipinski definition) is 3. The molecule has 130 valence electrons. The monoisotopic (exact) mass is 330 g/mol. The van der Waals surface area contributed by atoms with E-state index >= 15 is 0 Å². The first-order chi connectivity index (χ1) is 10.7. The van der Waals surface area contributed by atoms with Crippen molar-refractivity contribution in [1.82, 2.24) is 9.80 Å². The third-order valence-electron chi connectivity index (χ3n) is 4.49. The minimum Gasteiger partial charge on any atom is -0.406 e. The Bertz CT molecular complexity index is 484. The summed E-state index contributed by atoms with van der Waals surface area (Å²) < 4.78 is 40.4. The first kappa shape index (κ1) is 18.1. The van der Waals surface area contributed by atoms with Crippen LogP contribution >= 0.6 is 0 Å². The molecule has 23 heavy (non-hydrogen) atoms. The van der Waals surface area contributed by atoms with Gasteiger partial charge in [-0.25, -0.2) is 0 Å². The second-order valence-electron chi connectivity index (χ2n) is 6.82. The van der Waals surface area contributed by atoms with E-state index in [-0.39, 0.29) is 5.75 Å². The Labute approximate surface area is 136 Å². The van der Waals surface area contributed by atoms with Crippen LogP contribution < -0.4 is 4.74 Å². The molecule has 0 spiro atoms. The third-order valence-corrected chi connectivity index (χ3v) is 4.49. The van der Waals surface area contributed by atoms with Crippen LogP contribution in [0.1, 0.15) is 19.4 Å². The molecule has 2 atom stereocenters. The molecule has 0 bridgehead atoms. The van der Waals surface area contributed by atoms with Gasteiger partial charge in [-0.1, -0.05) is 26.0 Å². The van der Waals surface area contributed by atoms with Gasteiger partial charge in [-0.3, -0.25) is 4.90 Å². The number of hydrogen-bond donors (Lipinski definition) is 0. The number of ether oxygens (including phenoxy) is 1. The van der Waals surface area contributed by atoms with Crippen molar-refractivity contribution < 1.29 is 17.9 Å². The van der Waals surface area contributed by atoms with Gasteiger partial charge in [0.25, 0.3) is 0 Å². The molecule has 1 aromatic carbocycles. The fourth-order valence-corrected chi connectivity index (χ4v) is 3.28. The molecule has 1 aliphatic heterocycles. The maximum Gasteiger partial charge on any atom is 0.573 e. The Morgan fingerprint density at radius 2 is 1.78 bits per heavy atom. The van der Waals surface area contributed by atoms with Gasteiger partial charge in [0, 0.05) is 25.7 Å². The van der Waals surface area contributed by atoms with E-state index in [0.29, 0.717) is 17.9 Å². The number of alkyl halides is 3. The first-order valence-corrected chi connectivity index (χ1v) is 7.89. The summed E-state index contributed by atoms with van der Waals surface area (Å²) in [5.74, 6) is 1.04. The summed E-state index contributed by atoms with van der Waals surface area (Å²) in [6.07, 6.45) is -4.64. The average Bonchev–Trinajstić information content (AvgIpc) is 2.84. The Kier molecular flexibility index (Phi) is 5.57. The minimum absolute atomic E-state index is 0.172. The van der Waals surface area contributed by atoms with Gasteiger partial charge in [-0.15, -0.1) is 13.2 Å². The van der Waals surface area contributed by atoms with Gasteiger partial charge in [-0.2, -0.15) is 0 Å². The summed E-state index contributed by atoms with van der Waals surface area (Å²) in [7, 11) is 4.21. The van der Waals surface area contributed by atoms with E-state index in [2.05, 4.69) is 42.5 Å². The molecule has 0 N–H and O–H groups in total. The van der Waals surface area contributed by atoms with Crippen molar-refractivity contribution in [3.63, 3.8) is 0 Å². The molecule has 0 amide bonds. The Morgan fingerprint density at radius 1 is 1.17 bits per heavy atom. The van der Waals surface area contributed by atoms with Gasteiger partial charge >= 0.3 is 6.36 Å². The number of likely N-dealkylation sites (tertiary alicyclic amines) is 1. The quantitative estimate of drug-likeness (QED) is 0.820. The number of likely N-dealkylation sites (N-methyl/N-ethyl adjacent to an activating group) is 1. The summed E-state index contributed by atoms with van der Waals surface area (Å²) in [4.78, 5) is 4.64. The maximum atomic E-state index is 12.2. The predicted octanol–water partition coefficient (Wildman–Crippen LogP) is 3.60. The van der Waals surface area contributed by atoms with Gasteiger partial charge in [0.15, 0.2) is 0 Å². The van der Waals surface area contributed by atoms with Crippen LogP contribution in [0.25, 0.3) is 0 Å². The van der Waals surface area contributed by atoms with Gasteiger partial charge < -0.3 is 9.64 Å². The smallest absolute Gasteiger partial charge is 0.406 e. The second kappa shape index (κ2) is 7.09. The van der Waals surface area contributed by atoms with Crippen LogP contribution in [0, 0.1) is 11.8 Å². The molecule has 1 heterocycles. The van der Waals surface area contributed by atoms with E-state index in [9.17, 15) is 13.2 Å². The molecule has 0 aromatic heterocycles. The van der Waals surface area contributed by atoms with Crippen molar-refractivity contribution >= 4 is 0 Å². The maximum absolute atomic E-state index is 12.2. The Hall–Kier alpha value is -1.27. The van der Waals surface area contributed by atoms with Crippen LogP contribution in [0.5, 0.6) is 5.75 Å². The van der Waals surface area contributed by atoms with Crippen molar-refractivity contribution in [2.24, 2.45) is 11.8 Å². The fraction of sp³-hybridized carbons (Fsp3) is 0.647. The Morgan fingerprint density at radius 3 is 2.22 bits per heavy atom. The lowest BCUT2D eigenvalue weighted by molar-refractivity contribution is -0.274. The molecule has 0 saturated carbocycles. The van der Waals surface area contributed by atoms with E-state index in [1.165, 1.54) is 12.1 Å². The molecule has 2 unspecified atom stereocenters. The molecule has 1 aliphatic rings. The van der Waals surface area contributed by atoms with Crippen molar-refractivity contribution in [2.75, 3.05) is 27.2 Å². The highest BCUT2D eigenvalue weighted by Crippen LogP contribution is 2.29. The van der Waals surface area contributed by atoms with Crippen molar-refractivity contribution in [3.8, 4) is 5.75 Å². The normalized spacial score (nSPS) is 23.0. The zero-order chi connectivity index (χ0) is 17.2. The van der Waals surface area contributed by atoms with Gasteiger partial charge in [0.1, 0.15) is 5.75 Å². The molecule has 2 rings (SSSR count). The van der Waals surface area contributed by atoms with E-state index in [1.807, 2.05) is 0 Å². The van der Waals surface area contributed by atoms with Gasteiger partial charge in [0.2, 0.25) is 0 Å². The molecule has 0 aliphatic carbocycles. The molecule has 0 radical (unpaired) electrons.